The van der Waals surface area contributed by atoms with Crippen molar-refractivity contribution in [2.24, 2.45) is 0 Å². The summed E-state index contributed by atoms with van der Waals surface area (Å²) in [5.74, 6) is 0.696. The van der Waals surface area contributed by atoms with Crippen LogP contribution >= 0.6 is 0 Å². The smallest absolute Gasteiger partial charge is 0.347 e. The second-order valence-electron chi connectivity index (χ2n) is 4.67. The highest BCUT2D eigenvalue weighted by atomic mass is 19.4. The number of benzene rings is 1. The van der Waals surface area contributed by atoms with Gasteiger partial charge in [-0.05, 0) is 25.5 Å². The average Bonchev–Trinajstić information content (AvgIpc) is 2.91. The van der Waals surface area contributed by atoms with E-state index in [2.05, 4.69) is 15.3 Å². The van der Waals surface area contributed by atoms with Gasteiger partial charge in [-0.25, -0.2) is 4.98 Å². The Morgan fingerprint density at radius 3 is 2.45 bits per heavy atom. The average molecular weight is 283 g/mol. The number of nitrogens with zero attached hydrogens (tertiary/aromatic N) is 1. The van der Waals surface area contributed by atoms with Crippen LogP contribution < -0.4 is 5.32 Å². The number of alkyl halides is 3. The van der Waals surface area contributed by atoms with E-state index in [1.807, 2.05) is 6.92 Å². The molecule has 2 aromatic rings. The Balaban J connectivity index is 2.19. The van der Waals surface area contributed by atoms with Crippen LogP contribution in [-0.4, -0.2) is 9.97 Å². The maximum absolute atomic E-state index is 13.0. The molecule has 2 N–H and O–H groups in total. The summed E-state index contributed by atoms with van der Waals surface area (Å²) in [6.07, 6.45) is -1.05. The predicted molar refractivity (Wildman–Crippen MR) is 70.0 cm³/mol. The third kappa shape index (κ3) is 3.19. The molecule has 0 saturated carbocycles. The lowest BCUT2D eigenvalue weighted by Crippen LogP contribution is -2.25. The minimum absolute atomic E-state index is 0.165. The number of aromatic amines is 1. The van der Waals surface area contributed by atoms with E-state index in [9.17, 15) is 13.2 Å². The molecular formula is C14H16F3N3. The predicted octanol–water partition coefficient (Wildman–Crippen LogP) is 3.84. The van der Waals surface area contributed by atoms with Crippen LogP contribution in [0.5, 0.6) is 0 Å². The standard InChI is InChI=1S/C14H16F3N3/c1-9(20-10(2)13-18-7-8-19-13)11-5-3-4-6-12(11)14(15,16)17/h3-10,20H,1-2H3,(H,18,19). The summed E-state index contributed by atoms with van der Waals surface area (Å²) in [7, 11) is 0. The summed E-state index contributed by atoms with van der Waals surface area (Å²) in [6, 6.07) is 5.00. The summed E-state index contributed by atoms with van der Waals surface area (Å²) in [6.45, 7) is 3.57. The normalized spacial score (nSPS) is 15.1. The van der Waals surface area contributed by atoms with Crippen molar-refractivity contribution in [2.45, 2.75) is 32.1 Å². The second-order valence-corrected chi connectivity index (χ2v) is 4.67. The van der Waals surface area contributed by atoms with Gasteiger partial charge in [0, 0.05) is 18.4 Å². The first-order chi connectivity index (χ1) is 9.39. The maximum atomic E-state index is 13.0. The van der Waals surface area contributed by atoms with Gasteiger partial charge in [0.2, 0.25) is 0 Å². The van der Waals surface area contributed by atoms with Crippen molar-refractivity contribution in [2.75, 3.05) is 0 Å². The lowest BCUT2D eigenvalue weighted by molar-refractivity contribution is -0.138. The molecule has 20 heavy (non-hydrogen) atoms. The molecular weight excluding hydrogens is 267 g/mol. The van der Waals surface area contributed by atoms with Crippen molar-refractivity contribution in [3.05, 3.63) is 53.6 Å². The Kier molecular flexibility index (Phi) is 4.13. The molecule has 0 fully saturated rings. The number of H-pyrrole nitrogens is 1. The fourth-order valence-electron chi connectivity index (χ4n) is 2.19. The van der Waals surface area contributed by atoms with Crippen molar-refractivity contribution >= 4 is 0 Å². The largest absolute Gasteiger partial charge is 0.416 e. The van der Waals surface area contributed by atoms with Gasteiger partial charge in [0.25, 0.3) is 0 Å². The number of halogens is 3. The van der Waals surface area contributed by atoms with Gasteiger partial charge in [0.05, 0.1) is 11.6 Å². The summed E-state index contributed by atoms with van der Waals surface area (Å²) >= 11 is 0. The van der Waals surface area contributed by atoms with Gasteiger partial charge in [0.15, 0.2) is 0 Å². The van der Waals surface area contributed by atoms with Crippen molar-refractivity contribution in [1.29, 1.82) is 0 Å². The van der Waals surface area contributed by atoms with E-state index in [0.717, 1.165) is 6.07 Å². The molecule has 108 valence electrons. The van der Waals surface area contributed by atoms with Crippen LogP contribution in [-0.2, 0) is 6.18 Å². The van der Waals surface area contributed by atoms with E-state index in [1.54, 1.807) is 25.4 Å². The van der Waals surface area contributed by atoms with Gasteiger partial charge >= 0.3 is 6.18 Å². The maximum Gasteiger partial charge on any atom is 0.416 e. The van der Waals surface area contributed by atoms with Gasteiger partial charge in [0.1, 0.15) is 5.82 Å². The second kappa shape index (κ2) is 5.66. The van der Waals surface area contributed by atoms with E-state index < -0.39 is 17.8 Å². The zero-order valence-corrected chi connectivity index (χ0v) is 11.2. The third-order valence-corrected chi connectivity index (χ3v) is 3.16. The Morgan fingerprint density at radius 2 is 1.85 bits per heavy atom. The van der Waals surface area contributed by atoms with Crippen LogP contribution in [0.4, 0.5) is 13.2 Å². The molecule has 2 rings (SSSR count). The van der Waals surface area contributed by atoms with Crippen molar-refractivity contribution in [3.8, 4) is 0 Å². The zero-order valence-electron chi connectivity index (χ0n) is 11.2. The highest BCUT2D eigenvalue weighted by Crippen LogP contribution is 2.34. The highest BCUT2D eigenvalue weighted by Gasteiger charge is 2.34. The highest BCUT2D eigenvalue weighted by molar-refractivity contribution is 5.32. The monoisotopic (exact) mass is 283 g/mol. The Hall–Kier alpha value is -1.82. The summed E-state index contributed by atoms with van der Waals surface area (Å²) in [5, 5.41) is 3.12. The van der Waals surface area contributed by atoms with Crippen LogP contribution in [0.25, 0.3) is 0 Å². The minimum atomic E-state index is -4.35. The number of hydrogen-bond donors (Lipinski definition) is 2. The quantitative estimate of drug-likeness (QED) is 0.895. The van der Waals surface area contributed by atoms with Crippen molar-refractivity contribution in [3.63, 3.8) is 0 Å². The van der Waals surface area contributed by atoms with Crippen molar-refractivity contribution < 1.29 is 13.2 Å². The molecule has 1 aromatic heterocycles. The SMILES string of the molecule is CC(NC(C)c1ccccc1C(F)(F)F)c1ncc[nH]1. The number of imidazole rings is 1. The van der Waals surface area contributed by atoms with Crippen LogP contribution in [0.3, 0.4) is 0 Å². The molecule has 1 heterocycles. The topological polar surface area (TPSA) is 40.7 Å². The third-order valence-electron chi connectivity index (χ3n) is 3.16. The number of rotatable bonds is 4. The van der Waals surface area contributed by atoms with Crippen LogP contribution in [0.1, 0.15) is 42.9 Å². The molecule has 0 amide bonds. The number of hydrogen-bond acceptors (Lipinski definition) is 2. The first kappa shape index (κ1) is 14.6. The molecule has 6 heteroatoms. The van der Waals surface area contributed by atoms with Gasteiger partial charge in [-0.2, -0.15) is 13.2 Å². The van der Waals surface area contributed by atoms with Gasteiger partial charge in [-0.3, -0.25) is 0 Å². The molecule has 0 radical (unpaired) electrons. The number of nitrogens with one attached hydrogen (secondary N) is 2. The molecule has 3 nitrogen and oxygen atoms in total. The van der Waals surface area contributed by atoms with Crippen molar-refractivity contribution in [1.82, 2.24) is 15.3 Å². The van der Waals surface area contributed by atoms with Crippen LogP contribution in [0.2, 0.25) is 0 Å². The molecule has 0 aliphatic carbocycles. The Labute approximate surface area is 115 Å². The van der Waals surface area contributed by atoms with E-state index in [1.165, 1.54) is 12.1 Å². The van der Waals surface area contributed by atoms with Gasteiger partial charge in [-0.15, -0.1) is 0 Å². The molecule has 0 saturated heterocycles. The molecule has 1 aromatic carbocycles. The molecule has 0 aliphatic heterocycles. The first-order valence-corrected chi connectivity index (χ1v) is 6.31. The molecule has 0 bridgehead atoms. The molecule has 0 aliphatic rings. The zero-order chi connectivity index (χ0) is 14.8. The van der Waals surface area contributed by atoms with Gasteiger partial charge in [-0.1, -0.05) is 18.2 Å². The lowest BCUT2D eigenvalue weighted by atomic mass is 10.0. The Morgan fingerprint density at radius 1 is 1.15 bits per heavy atom. The van der Waals surface area contributed by atoms with Crippen LogP contribution in [0.15, 0.2) is 36.7 Å². The fourth-order valence-corrected chi connectivity index (χ4v) is 2.19. The first-order valence-electron chi connectivity index (χ1n) is 6.31. The van der Waals surface area contributed by atoms with E-state index in [-0.39, 0.29) is 11.6 Å². The molecule has 2 atom stereocenters. The molecule has 2 unspecified atom stereocenters. The van der Waals surface area contributed by atoms with E-state index in [4.69, 9.17) is 0 Å². The summed E-state index contributed by atoms with van der Waals surface area (Å²) < 4.78 is 38.9. The minimum Gasteiger partial charge on any atom is -0.347 e. The molecule has 0 spiro atoms. The van der Waals surface area contributed by atoms with Crippen LogP contribution in [0, 0.1) is 0 Å². The Bertz CT molecular complexity index is 549. The van der Waals surface area contributed by atoms with Gasteiger partial charge < -0.3 is 10.3 Å². The summed E-state index contributed by atoms with van der Waals surface area (Å²) in [4.78, 5) is 7.04. The summed E-state index contributed by atoms with van der Waals surface area (Å²) in [5.41, 5.74) is -0.370. The number of aromatic nitrogens is 2. The van der Waals surface area contributed by atoms with E-state index in [0.29, 0.717) is 5.82 Å². The fraction of sp³-hybridized carbons (Fsp3) is 0.357. The van der Waals surface area contributed by atoms with E-state index >= 15 is 0 Å². The lowest BCUT2D eigenvalue weighted by Gasteiger charge is -2.22.